The lowest BCUT2D eigenvalue weighted by molar-refractivity contribution is -0.0853. The molecule has 1 aromatic rings. The molecule has 1 aliphatic rings. The van der Waals surface area contributed by atoms with Gasteiger partial charge in [0.2, 0.25) is 0 Å². The van der Waals surface area contributed by atoms with Gasteiger partial charge in [-0.3, -0.25) is 0 Å². The molecule has 4 heteroatoms. The van der Waals surface area contributed by atoms with E-state index in [1.54, 1.807) is 11.8 Å². The van der Waals surface area contributed by atoms with Gasteiger partial charge in [-0.15, -0.1) is 11.8 Å². The molecule has 0 radical (unpaired) electrons. The molecule has 0 aliphatic carbocycles. The van der Waals surface area contributed by atoms with E-state index < -0.39 is 0 Å². The minimum atomic E-state index is -0.347. The fraction of sp³-hybridized carbons (Fsp3) is 0.625. The molecule has 2 unspecified atom stereocenters. The van der Waals surface area contributed by atoms with E-state index >= 15 is 0 Å². The van der Waals surface area contributed by atoms with E-state index in [-0.39, 0.29) is 23.2 Å². The van der Waals surface area contributed by atoms with Gasteiger partial charge in [-0.05, 0) is 58.4 Å². The molecular formula is C16H23BrO2S. The van der Waals surface area contributed by atoms with E-state index in [1.165, 1.54) is 4.90 Å². The number of hydrogen-bond donors (Lipinski definition) is 1. The molecule has 0 bridgehead atoms. The van der Waals surface area contributed by atoms with Crippen LogP contribution >= 0.6 is 27.7 Å². The third kappa shape index (κ3) is 4.00. The van der Waals surface area contributed by atoms with Crippen molar-refractivity contribution >= 4 is 27.7 Å². The summed E-state index contributed by atoms with van der Waals surface area (Å²) in [5, 5.41) is 10.5. The second-order valence-corrected chi connectivity index (χ2v) is 8.62. The van der Waals surface area contributed by atoms with Gasteiger partial charge in [0.05, 0.1) is 17.3 Å². The Bertz CT molecular complexity index is 456. The highest BCUT2D eigenvalue weighted by molar-refractivity contribution is 9.10. The summed E-state index contributed by atoms with van der Waals surface area (Å²) in [6.07, 6.45) is 0.558. The largest absolute Gasteiger partial charge is 0.392 e. The monoisotopic (exact) mass is 358 g/mol. The van der Waals surface area contributed by atoms with Crippen molar-refractivity contribution in [2.24, 2.45) is 5.92 Å². The minimum Gasteiger partial charge on any atom is -0.392 e. The summed E-state index contributed by atoms with van der Waals surface area (Å²) < 4.78 is 7.14. The second-order valence-electron chi connectivity index (χ2n) is 6.61. The molecule has 1 aromatic carbocycles. The number of benzene rings is 1. The molecule has 2 rings (SSSR count). The first-order chi connectivity index (χ1) is 9.20. The standard InChI is InChI=1S/C16H23BrO2S/c1-15(2)9-13(16(3,4)19-15)14(18)10-20-12-7-5-11(17)6-8-12/h5-8,13-14,18H,9-10H2,1-4H3. The lowest BCUT2D eigenvalue weighted by atomic mass is 9.84. The molecule has 112 valence electrons. The van der Waals surface area contributed by atoms with E-state index in [2.05, 4.69) is 55.8 Å². The maximum absolute atomic E-state index is 10.5. The molecule has 0 saturated carbocycles. The minimum absolute atomic E-state index is 0.141. The van der Waals surface area contributed by atoms with Gasteiger partial charge in [0.15, 0.2) is 0 Å². The van der Waals surface area contributed by atoms with Gasteiger partial charge in [-0.25, -0.2) is 0 Å². The molecule has 2 atom stereocenters. The molecule has 1 aliphatic heterocycles. The highest BCUT2D eigenvalue weighted by Crippen LogP contribution is 2.44. The summed E-state index contributed by atoms with van der Waals surface area (Å²) in [5.41, 5.74) is -0.402. The third-order valence-electron chi connectivity index (χ3n) is 3.84. The summed E-state index contributed by atoms with van der Waals surface area (Å²) in [7, 11) is 0. The van der Waals surface area contributed by atoms with Crippen molar-refractivity contribution in [1.29, 1.82) is 0 Å². The zero-order chi connectivity index (χ0) is 15.0. The Kier molecular flexibility index (Phi) is 4.90. The van der Waals surface area contributed by atoms with Gasteiger partial charge in [-0.2, -0.15) is 0 Å². The highest BCUT2D eigenvalue weighted by atomic mass is 79.9. The Balaban J connectivity index is 1.95. The molecule has 1 fully saturated rings. The van der Waals surface area contributed by atoms with Crippen molar-refractivity contribution < 1.29 is 9.84 Å². The Hall–Kier alpha value is -0.0300. The molecule has 0 spiro atoms. The van der Waals surface area contributed by atoms with E-state index in [1.807, 2.05) is 12.1 Å². The van der Waals surface area contributed by atoms with Crippen LogP contribution in [0.4, 0.5) is 0 Å². The van der Waals surface area contributed by atoms with Crippen LogP contribution in [0.1, 0.15) is 34.1 Å². The number of halogens is 1. The van der Waals surface area contributed by atoms with E-state index in [9.17, 15) is 5.11 Å². The molecule has 1 saturated heterocycles. The van der Waals surface area contributed by atoms with Crippen LogP contribution in [-0.4, -0.2) is 28.2 Å². The number of aliphatic hydroxyl groups is 1. The van der Waals surface area contributed by atoms with Gasteiger partial charge in [0.1, 0.15) is 0 Å². The van der Waals surface area contributed by atoms with Crippen LogP contribution in [0.3, 0.4) is 0 Å². The predicted molar refractivity (Wildman–Crippen MR) is 88.2 cm³/mol. The summed E-state index contributed by atoms with van der Waals surface area (Å²) in [6, 6.07) is 8.20. The normalized spacial score (nSPS) is 25.6. The fourth-order valence-electron chi connectivity index (χ4n) is 3.03. The molecule has 20 heavy (non-hydrogen) atoms. The highest BCUT2D eigenvalue weighted by Gasteiger charge is 2.48. The van der Waals surface area contributed by atoms with Crippen LogP contribution in [0.2, 0.25) is 0 Å². The summed E-state index contributed by atoms with van der Waals surface area (Å²) in [6.45, 7) is 8.37. The Labute approximate surface area is 134 Å². The first-order valence-corrected chi connectivity index (χ1v) is 8.74. The van der Waals surface area contributed by atoms with Gasteiger partial charge in [-0.1, -0.05) is 15.9 Å². The number of thioether (sulfide) groups is 1. The van der Waals surface area contributed by atoms with Crippen LogP contribution in [-0.2, 0) is 4.74 Å². The lowest BCUT2D eigenvalue weighted by Crippen LogP contribution is -2.37. The Morgan fingerprint density at radius 1 is 1.30 bits per heavy atom. The Morgan fingerprint density at radius 2 is 1.90 bits per heavy atom. The maximum atomic E-state index is 10.5. The van der Waals surface area contributed by atoms with Crippen molar-refractivity contribution in [2.45, 2.75) is 56.3 Å². The topological polar surface area (TPSA) is 29.5 Å². The predicted octanol–water partition coefficient (Wildman–Crippen LogP) is 4.50. The van der Waals surface area contributed by atoms with Gasteiger partial charge in [0.25, 0.3) is 0 Å². The van der Waals surface area contributed by atoms with Gasteiger partial charge in [0, 0.05) is 21.0 Å². The van der Waals surface area contributed by atoms with Crippen LogP contribution in [0.25, 0.3) is 0 Å². The van der Waals surface area contributed by atoms with Crippen molar-refractivity contribution in [1.82, 2.24) is 0 Å². The first kappa shape index (κ1) is 16.3. The number of aliphatic hydroxyl groups excluding tert-OH is 1. The first-order valence-electron chi connectivity index (χ1n) is 6.96. The average Bonchev–Trinajstić information content (AvgIpc) is 2.56. The number of rotatable bonds is 4. The van der Waals surface area contributed by atoms with E-state index in [0.717, 1.165) is 10.9 Å². The zero-order valence-electron chi connectivity index (χ0n) is 12.5. The second kappa shape index (κ2) is 5.99. The van der Waals surface area contributed by atoms with Crippen LogP contribution in [0, 0.1) is 5.92 Å². The van der Waals surface area contributed by atoms with Crippen molar-refractivity contribution in [2.75, 3.05) is 5.75 Å². The third-order valence-corrected chi connectivity index (χ3v) is 5.49. The van der Waals surface area contributed by atoms with Crippen LogP contribution in [0.15, 0.2) is 33.6 Å². The Morgan fingerprint density at radius 3 is 2.40 bits per heavy atom. The SMILES string of the molecule is CC1(C)CC(C(O)CSc2ccc(Br)cc2)C(C)(C)O1. The zero-order valence-corrected chi connectivity index (χ0v) is 14.9. The molecular weight excluding hydrogens is 336 g/mol. The quantitative estimate of drug-likeness (QED) is 0.803. The van der Waals surface area contributed by atoms with Crippen molar-refractivity contribution in [3.63, 3.8) is 0 Å². The summed E-state index contributed by atoms with van der Waals surface area (Å²) >= 11 is 5.13. The van der Waals surface area contributed by atoms with Crippen molar-refractivity contribution in [3.05, 3.63) is 28.7 Å². The van der Waals surface area contributed by atoms with Gasteiger partial charge < -0.3 is 9.84 Å². The number of hydrogen-bond acceptors (Lipinski definition) is 3. The molecule has 0 amide bonds. The van der Waals surface area contributed by atoms with Gasteiger partial charge >= 0.3 is 0 Å². The molecule has 0 aromatic heterocycles. The smallest absolute Gasteiger partial charge is 0.0690 e. The van der Waals surface area contributed by atoms with Crippen molar-refractivity contribution in [3.8, 4) is 0 Å². The average molecular weight is 359 g/mol. The van der Waals surface area contributed by atoms with E-state index in [0.29, 0.717) is 5.75 Å². The molecule has 2 nitrogen and oxygen atoms in total. The summed E-state index contributed by atoms with van der Waals surface area (Å²) in [5.74, 6) is 0.885. The molecule has 1 N–H and O–H groups in total. The maximum Gasteiger partial charge on any atom is 0.0690 e. The molecule has 1 heterocycles. The van der Waals surface area contributed by atoms with Crippen LogP contribution < -0.4 is 0 Å². The summed E-state index contributed by atoms with van der Waals surface area (Å²) in [4.78, 5) is 1.18. The number of ether oxygens (including phenoxy) is 1. The van der Waals surface area contributed by atoms with Crippen LogP contribution in [0.5, 0.6) is 0 Å². The van der Waals surface area contributed by atoms with E-state index in [4.69, 9.17) is 4.74 Å². The fourth-order valence-corrected chi connectivity index (χ4v) is 4.22. The lowest BCUT2D eigenvalue weighted by Gasteiger charge is -2.30.